The number of nitrogens with zero attached hydrogens (tertiary/aromatic N) is 1. The summed E-state index contributed by atoms with van der Waals surface area (Å²) in [6, 6.07) is 7.46. The number of alkyl halides is 1. The molecule has 0 N–H and O–H groups in total. The third-order valence-corrected chi connectivity index (χ3v) is 4.34. The summed E-state index contributed by atoms with van der Waals surface area (Å²) >= 11 is 9.58. The monoisotopic (exact) mass is 315 g/mol. The van der Waals surface area contributed by atoms with E-state index >= 15 is 0 Å². The number of carbonyl (C=O) groups excluding carboxylic acids is 1. The van der Waals surface area contributed by atoms with Crippen LogP contribution in [-0.4, -0.2) is 29.3 Å². The van der Waals surface area contributed by atoms with E-state index in [-0.39, 0.29) is 11.3 Å². The Balaban J connectivity index is 2.08. The van der Waals surface area contributed by atoms with E-state index in [2.05, 4.69) is 22.9 Å². The van der Waals surface area contributed by atoms with E-state index in [0.29, 0.717) is 12.5 Å². The van der Waals surface area contributed by atoms with Gasteiger partial charge in [0, 0.05) is 23.1 Å². The Morgan fingerprint density at radius 1 is 1.41 bits per heavy atom. The van der Waals surface area contributed by atoms with E-state index in [9.17, 15) is 4.79 Å². The fourth-order valence-electron chi connectivity index (χ4n) is 1.98. The van der Waals surface area contributed by atoms with Crippen molar-refractivity contribution >= 4 is 33.4 Å². The molecule has 2 nitrogen and oxygen atoms in total. The highest BCUT2D eigenvalue weighted by Crippen LogP contribution is 2.23. The van der Waals surface area contributed by atoms with E-state index in [0.717, 1.165) is 23.0 Å². The van der Waals surface area contributed by atoms with Crippen molar-refractivity contribution in [2.45, 2.75) is 18.7 Å². The largest absolute Gasteiger partial charge is 0.337 e. The molecule has 17 heavy (non-hydrogen) atoms. The second kappa shape index (κ2) is 5.40. The van der Waals surface area contributed by atoms with E-state index in [1.54, 1.807) is 0 Å². The first-order valence-electron chi connectivity index (χ1n) is 5.77. The molecule has 0 aromatic heterocycles. The summed E-state index contributed by atoms with van der Waals surface area (Å²) in [5.74, 6) is 0.570. The number of amides is 1. The number of hydrogen-bond donors (Lipinski definition) is 0. The lowest BCUT2D eigenvalue weighted by molar-refractivity contribution is 0.0701. The van der Waals surface area contributed by atoms with Gasteiger partial charge in [0.1, 0.15) is 0 Å². The van der Waals surface area contributed by atoms with Crippen molar-refractivity contribution in [1.82, 2.24) is 4.90 Å². The molecule has 2 atom stereocenters. The molecular weight excluding hydrogens is 302 g/mol. The minimum absolute atomic E-state index is 0.0724. The Kier molecular flexibility index (Phi) is 4.10. The van der Waals surface area contributed by atoms with Crippen molar-refractivity contribution in [3.8, 4) is 0 Å². The molecule has 1 aliphatic heterocycles. The van der Waals surface area contributed by atoms with Crippen molar-refractivity contribution in [2.75, 3.05) is 13.1 Å². The summed E-state index contributed by atoms with van der Waals surface area (Å²) < 4.78 is 0.983. The molecule has 92 valence electrons. The molecule has 0 spiro atoms. The number of likely N-dealkylation sites (tertiary alicyclic amines) is 1. The summed E-state index contributed by atoms with van der Waals surface area (Å²) in [4.78, 5) is 14.1. The standard InChI is InChI=1S/C13H15BrClNO/c1-9-6-7-16(8-12(9)15)13(17)10-2-4-11(14)5-3-10/h2-5,9,12H,6-8H2,1H3. The van der Waals surface area contributed by atoms with E-state index in [4.69, 9.17) is 11.6 Å². The fraction of sp³-hybridized carbons (Fsp3) is 0.462. The number of carbonyl (C=O) groups is 1. The van der Waals surface area contributed by atoms with Gasteiger partial charge in [-0.15, -0.1) is 11.6 Å². The molecule has 1 aromatic carbocycles. The maximum atomic E-state index is 12.2. The maximum Gasteiger partial charge on any atom is 0.253 e. The third-order valence-electron chi connectivity index (χ3n) is 3.24. The first-order valence-corrected chi connectivity index (χ1v) is 7.00. The lowest BCUT2D eigenvalue weighted by Gasteiger charge is -2.34. The molecule has 4 heteroatoms. The Morgan fingerprint density at radius 2 is 2.06 bits per heavy atom. The van der Waals surface area contributed by atoms with Gasteiger partial charge in [-0.2, -0.15) is 0 Å². The maximum absolute atomic E-state index is 12.2. The van der Waals surface area contributed by atoms with E-state index in [1.165, 1.54) is 0 Å². The molecule has 1 amide bonds. The normalized spacial score (nSPS) is 24.8. The van der Waals surface area contributed by atoms with Gasteiger partial charge >= 0.3 is 0 Å². The summed E-state index contributed by atoms with van der Waals surface area (Å²) in [5.41, 5.74) is 0.728. The van der Waals surface area contributed by atoms with Crippen LogP contribution in [0.15, 0.2) is 28.7 Å². The summed E-state index contributed by atoms with van der Waals surface area (Å²) in [6.07, 6.45) is 0.983. The van der Waals surface area contributed by atoms with Crippen LogP contribution in [-0.2, 0) is 0 Å². The predicted octanol–water partition coefficient (Wildman–Crippen LogP) is 3.54. The fourth-order valence-corrected chi connectivity index (χ4v) is 2.54. The molecular formula is C13H15BrClNO. The Morgan fingerprint density at radius 3 is 2.65 bits per heavy atom. The lowest BCUT2D eigenvalue weighted by atomic mass is 9.98. The van der Waals surface area contributed by atoms with Crippen molar-refractivity contribution in [1.29, 1.82) is 0 Å². The highest BCUT2D eigenvalue weighted by molar-refractivity contribution is 9.10. The summed E-state index contributed by atoms with van der Waals surface area (Å²) in [6.45, 7) is 3.59. The second-order valence-corrected chi connectivity index (χ2v) is 6.02. The van der Waals surface area contributed by atoms with Crippen LogP contribution in [0.25, 0.3) is 0 Å². The van der Waals surface area contributed by atoms with Crippen LogP contribution in [0.3, 0.4) is 0 Å². The molecule has 1 aliphatic rings. The van der Waals surface area contributed by atoms with Gasteiger partial charge in [-0.1, -0.05) is 22.9 Å². The van der Waals surface area contributed by atoms with Gasteiger partial charge in [-0.3, -0.25) is 4.79 Å². The first-order chi connectivity index (χ1) is 8.08. The van der Waals surface area contributed by atoms with Crippen molar-refractivity contribution in [3.05, 3.63) is 34.3 Å². The van der Waals surface area contributed by atoms with Crippen LogP contribution in [0.4, 0.5) is 0 Å². The lowest BCUT2D eigenvalue weighted by Crippen LogP contribution is -2.43. The highest BCUT2D eigenvalue weighted by atomic mass is 79.9. The van der Waals surface area contributed by atoms with Gasteiger partial charge in [0.25, 0.3) is 5.91 Å². The zero-order valence-electron chi connectivity index (χ0n) is 9.70. The number of hydrogen-bond acceptors (Lipinski definition) is 1. The SMILES string of the molecule is CC1CCN(C(=O)c2ccc(Br)cc2)CC1Cl. The van der Waals surface area contributed by atoms with Gasteiger partial charge in [-0.25, -0.2) is 0 Å². The van der Waals surface area contributed by atoms with Crippen LogP contribution < -0.4 is 0 Å². The zero-order valence-corrected chi connectivity index (χ0v) is 12.0. The molecule has 0 radical (unpaired) electrons. The molecule has 1 fully saturated rings. The first kappa shape index (κ1) is 12.9. The summed E-state index contributed by atoms with van der Waals surface area (Å²) in [5, 5.41) is 0.0724. The smallest absolute Gasteiger partial charge is 0.253 e. The molecule has 0 saturated carbocycles. The number of rotatable bonds is 1. The topological polar surface area (TPSA) is 20.3 Å². The van der Waals surface area contributed by atoms with E-state index < -0.39 is 0 Å². The van der Waals surface area contributed by atoms with Crippen molar-refractivity contribution in [3.63, 3.8) is 0 Å². The van der Waals surface area contributed by atoms with Gasteiger partial charge in [0.05, 0.1) is 5.38 Å². The molecule has 1 saturated heterocycles. The van der Waals surface area contributed by atoms with Gasteiger partial charge in [-0.05, 0) is 36.6 Å². The Hall–Kier alpha value is -0.540. The van der Waals surface area contributed by atoms with Crippen LogP contribution in [0.2, 0.25) is 0 Å². The average molecular weight is 317 g/mol. The van der Waals surface area contributed by atoms with Gasteiger partial charge in [0.2, 0.25) is 0 Å². The predicted molar refractivity (Wildman–Crippen MR) is 73.5 cm³/mol. The number of benzene rings is 1. The Bertz CT molecular complexity index is 406. The van der Waals surface area contributed by atoms with Crippen molar-refractivity contribution < 1.29 is 4.79 Å². The average Bonchev–Trinajstić information content (AvgIpc) is 2.33. The molecule has 1 aromatic rings. The molecule has 0 bridgehead atoms. The van der Waals surface area contributed by atoms with Crippen molar-refractivity contribution in [2.24, 2.45) is 5.92 Å². The van der Waals surface area contributed by atoms with Gasteiger partial charge in [0.15, 0.2) is 0 Å². The molecule has 2 unspecified atom stereocenters. The van der Waals surface area contributed by atoms with Gasteiger partial charge < -0.3 is 4.90 Å². The number of halogens is 2. The quantitative estimate of drug-likeness (QED) is 0.726. The summed E-state index contributed by atoms with van der Waals surface area (Å²) in [7, 11) is 0. The second-order valence-electron chi connectivity index (χ2n) is 4.54. The highest BCUT2D eigenvalue weighted by Gasteiger charge is 2.27. The van der Waals surface area contributed by atoms with Crippen LogP contribution in [0.1, 0.15) is 23.7 Å². The van der Waals surface area contributed by atoms with Crippen LogP contribution in [0, 0.1) is 5.92 Å². The van der Waals surface area contributed by atoms with Crippen LogP contribution in [0.5, 0.6) is 0 Å². The molecule has 1 heterocycles. The minimum atomic E-state index is 0.0724. The molecule has 2 rings (SSSR count). The van der Waals surface area contributed by atoms with E-state index in [1.807, 2.05) is 29.2 Å². The van der Waals surface area contributed by atoms with Crippen LogP contribution >= 0.6 is 27.5 Å². The number of piperidine rings is 1. The third kappa shape index (κ3) is 3.02. The minimum Gasteiger partial charge on any atom is -0.337 e. The Labute approximate surface area is 115 Å². The molecule has 0 aliphatic carbocycles. The zero-order chi connectivity index (χ0) is 12.4.